The van der Waals surface area contributed by atoms with E-state index in [0.717, 1.165) is 29.0 Å². The highest BCUT2D eigenvalue weighted by Crippen LogP contribution is 2.32. The summed E-state index contributed by atoms with van der Waals surface area (Å²) in [5, 5.41) is 3.07. The maximum Gasteiger partial charge on any atom is 0.275 e. The van der Waals surface area contributed by atoms with Crippen molar-refractivity contribution in [2.75, 3.05) is 36.4 Å². The monoisotopic (exact) mass is 395 g/mol. The highest BCUT2D eigenvalue weighted by molar-refractivity contribution is 6.03. The molecule has 3 rings (SSSR count). The second-order valence-corrected chi connectivity index (χ2v) is 7.96. The number of carbonyl (C=O) groups is 2. The third-order valence-electron chi connectivity index (χ3n) is 5.27. The minimum absolute atomic E-state index is 0.259. The number of carbonyl (C=O) groups excluding carboxylic acids is 2. The molecule has 0 radical (unpaired) electrons. The van der Waals surface area contributed by atoms with Crippen molar-refractivity contribution in [3.8, 4) is 0 Å². The van der Waals surface area contributed by atoms with Crippen molar-refractivity contribution in [1.29, 1.82) is 0 Å². The Bertz CT molecular complexity index is 830. The standard InChI is InChI=1S/C22H29N5O2/c1-15(2)17-6-5-7-18(16(3)4)21(17)25-22(29)19-12-24-20(13-23-19)27-10-8-26(14-28)9-11-27/h5-7,12-16H,8-11H2,1-4H3,(H,25,29). The summed E-state index contributed by atoms with van der Waals surface area (Å²) in [4.78, 5) is 36.3. The molecule has 2 heterocycles. The third-order valence-corrected chi connectivity index (χ3v) is 5.27. The fourth-order valence-electron chi connectivity index (χ4n) is 3.53. The van der Waals surface area contributed by atoms with Crippen LogP contribution < -0.4 is 10.2 Å². The van der Waals surface area contributed by atoms with Gasteiger partial charge in [0.2, 0.25) is 6.41 Å². The number of nitrogens with one attached hydrogen (secondary N) is 1. The van der Waals surface area contributed by atoms with E-state index in [4.69, 9.17) is 0 Å². The van der Waals surface area contributed by atoms with Crippen LogP contribution >= 0.6 is 0 Å². The van der Waals surface area contributed by atoms with Crippen LogP contribution in [0.15, 0.2) is 30.6 Å². The fourth-order valence-corrected chi connectivity index (χ4v) is 3.53. The van der Waals surface area contributed by atoms with Crippen LogP contribution in [0, 0.1) is 0 Å². The summed E-state index contributed by atoms with van der Waals surface area (Å²) in [6, 6.07) is 6.15. The summed E-state index contributed by atoms with van der Waals surface area (Å²) in [6.45, 7) is 11.2. The topological polar surface area (TPSA) is 78.4 Å². The molecule has 29 heavy (non-hydrogen) atoms. The van der Waals surface area contributed by atoms with Crippen molar-refractivity contribution in [1.82, 2.24) is 14.9 Å². The number of hydrogen-bond donors (Lipinski definition) is 1. The van der Waals surface area contributed by atoms with Gasteiger partial charge in [0, 0.05) is 31.9 Å². The molecule has 0 bridgehead atoms. The van der Waals surface area contributed by atoms with E-state index in [1.165, 1.54) is 6.20 Å². The second kappa shape index (κ2) is 9.03. The molecule has 1 aliphatic rings. The van der Waals surface area contributed by atoms with Gasteiger partial charge in [-0.05, 0) is 23.0 Å². The number of anilines is 2. The van der Waals surface area contributed by atoms with E-state index in [0.29, 0.717) is 38.0 Å². The highest BCUT2D eigenvalue weighted by atomic mass is 16.2. The lowest BCUT2D eigenvalue weighted by atomic mass is 9.92. The van der Waals surface area contributed by atoms with Gasteiger partial charge in [-0.15, -0.1) is 0 Å². The van der Waals surface area contributed by atoms with Gasteiger partial charge in [-0.3, -0.25) is 9.59 Å². The number of rotatable bonds is 6. The predicted octanol–water partition coefficient (Wildman–Crippen LogP) is 3.25. The maximum absolute atomic E-state index is 12.9. The SMILES string of the molecule is CC(C)c1cccc(C(C)C)c1NC(=O)c1cnc(N2CCN(C=O)CC2)cn1. The van der Waals surface area contributed by atoms with Crippen molar-refractivity contribution in [3.63, 3.8) is 0 Å². The zero-order chi connectivity index (χ0) is 21.0. The lowest BCUT2D eigenvalue weighted by molar-refractivity contribution is -0.118. The van der Waals surface area contributed by atoms with E-state index in [-0.39, 0.29) is 11.6 Å². The van der Waals surface area contributed by atoms with Crippen molar-refractivity contribution in [2.24, 2.45) is 0 Å². The molecule has 154 valence electrons. The van der Waals surface area contributed by atoms with E-state index in [2.05, 4.69) is 60.0 Å². The van der Waals surface area contributed by atoms with Gasteiger partial charge in [0.25, 0.3) is 5.91 Å². The largest absolute Gasteiger partial charge is 0.352 e. The second-order valence-electron chi connectivity index (χ2n) is 7.96. The van der Waals surface area contributed by atoms with Crippen LogP contribution in [-0.4, -0.2) is 53.4 Å². The molecule has 1 N–H and O–H groups in total. The Balaban J connectivity index is 1.76. The number of amides is 2. The molecule has 0 saturated carbocycles. The predicted molar refractivity (Wildman–Crippen MR) is 114 cm³/mol. The van der Waals surface area contributed by atoms with E-state index >= 15 is 0 Å². The van der Waals surface area contributed by atoms with Crippen LogP contribution in [0.4, 0.5) is 11.5 Å². The summed E-state index contributed by atoms with van der Waals surface area (Å²) in [6.07, 6.45) is 4.02. The molecule has 1 aromatic carbocycles. The summed E-state index contributed by atoms with van der Waals surface area (Å²) in [5.74, 6) is 1.05. The molecular weight excluding hydrogens is 366 g/mol. The van der Waals surface area contributed by atoms with Gasteiger partial charge >= 0.3 is 0 Å². The molecule has 7 heteroatoms. The zero-order valence-electron chi connectivity index (χ0n) is 17.6. The van der Waals surface area contributed by atoms with Crippen LogP contribution in [0.5, 0.6) is 0 Å². The van der Waals surface area contributed by atoms with E-state index < -0.39 is 0 Å². The minimum Gasteiger partial charge on any atom is -0.352 e. The number of para-hydroxylation sites is 1. The maximum atomic E-state index is 12.9. The number of nitrogens with zero attached hydrogens (tertiary/aromatic N) is 4. The third kappa shape index (κ3) is 4.72. The smallest absolute Gasteiger partial charge is 0.275 e. The average Bonchev–Trinajstić information content (AvgIpc) is 2.73. The molecule has 1 saturated heterocycles. The summed E-state index contributed by atoms with van der Waals surface area (Å²) in [7, 11) is 0. The lowest BCUT2D eigenvalue weighted by Gasteiger charge is -2.33. The van der Waals surface area contributed by atoms with Gasteiger partial charge < -0.3 is 15.1 Å². The number of benzene rings is 1. The van der Waals surface area contributed by atoms with Gasteiger partial charge in [0.1, 0.15) is 11.5 Å². The molecule has 1 aromatic heterocycles. The zero-order valence-corrected chi connectivity index (χ0v) is 17.6. The van der Waals surface area contributed by atoms with Crippen molar-refractivity contribution < 1.29 is 9.59 Å². The molecule has 0 spiro atoms. The molecule has 1 fully saturated rings. The summed E-state index contributed by atoms with van der Waals surface area (Å²) >= 11 is 0. The fraction of sp³-hybridized carbons (Fsp3) is 0.455. The molecule has 7 nitrogen and oxygen atoms in total. The molecule has 2 aromatic rings. The van der Waals surface area contributed by atoms with Gasteiger partial charge in [-0.25, -0.2) is 9.97 Å². The summed E-state index contributed by atoms with van der Waals surface area (Å²) in [5.41, 5.74) is 3.39. The van der Waals surface area contributed by atoms with Crippen LogP contribution in [0.1, 0.15) is 61.1 Å². The molecule has 0 unspecified atom stereocenters. The summed E-state index contributed by atoms with van der Waals surface area (Å²) < 4.78 is 0. The molecule has 2 amide bonds. The number of piperazine rings is 1. The van der Waals surface area contributed by atoms with Crippen LogP contribution in [0.2, 0.25) is 0 Å². The average molecular weight is 396 g/mol. The Labute approximate surface area is 172 Å². The number of hydrogen-bond acceptors (Lipinski definition) is 5. The Morgan fingerprint density at radius 3 is 2.10 bits per heavy atom. The van der Waals surface area contributed by atoms with Gasteiger partial charge in [0.05, 0.1) is 12.4 Å². The van der Waals surface area contributed by atoms with Crippen molar-refractivity contribution >= 4 is 23.8 Å². The number of aromatic nitrogens is 2. The highest BCUT2D eigenvalue weighted by Gasteiger charge is 2.20. The lowest BCUT2D eigenvalue weighted by Crippen LogP contribution is -2.46. The van der Waals surface area contributed by atoms with E-state index in [1.807, 2.05) is 6.07 Å². The Hall–Kier alpha value is -2.96. The van der Waals surface area contributed by atoms with Crippen molar-refractivity contribution in [2.45, 2.75) is 39.5 Å². The van der Waals surface area contributed by atoms with Crippen LogP contribution in [0.25, 0.3) is 0 Å². The Kier molecular flexibility index (Phi) is 6.46. The van der Waals surface area contributed by atoms with Gasteiger partial charge in [-0.1, -0.05) is 45.9 Å². The first-order valence-corrected chi connectivity index (χ1v) is 10.1. The Morgan fingerprint density at radius 1 is 1.00 bits per heavy atom. The molecule has 0 aliphatic carbocycles. The quantitative estimate of drug-likeness (QED) is 0.760. The van der Waals surface area contributed by atoms with E-state index in [1.54, 1.807) is 11.1 Å². The first-order valence-electron chi connectivity index (χ1n) is 10.1. The van der Waals surface area contributed by atoms with Crippen LogP contribution in [0.3, 0.4) is 0 Å². The van der Waals surface area contributed by atoms with Crippen LogP contribution in [-0.2, 0) is 4.79 Å². The van der Waals surface area contributed by atoms with E-state index in [9.17, 15) is 9.59 Å². The first kappa shape index (κ1) is 20.8. The van der Waals surface area contributed by atoms with Gasteiger partial charge in [-0.2, -0.15) is 0 Å². The molecular formula is C22H29N5O2. The molecule has 0 atom stereocenters. The Morgan fingerprint density at radius 2 is 1.62 bits per heavy atom. The van der Waals surface area contributed by atoms with Gasteiger partial charge in [0.15, 0.2) is 0 Å². The minimum atomic E-state index is -0.259. The first-order chi connectivity index (χ1) is 13.9. The van der Waals surface area contributed by atoms with Crippen molar-refractivity contribution in [3.05, 3.63) is 47.4 Å². The molecule has 1 aliphatic heterocycles. The normalized spacial score (nSPS) is 14.4.